The van der Waals surface area contributed by atoms with Gasteiger partial charge < -0.3 is 18.7 Å². The Balaban J connectivity index is 1.24. The molecule has 3 fully saturated rings. The van der Waals surface area contributed by atoms with Gasteiger partial charge in [-0.05, 0) is 95.0 Å². The highest BCUT2D eigenvalue weighted by atomic mass is 16.6. The van der Waals surface area contributed by atoms with Crippen molar-refractivity contribution >= 4 is 29.0 Å². The van der Waals surface area contributed by atoms with Crippen LogP contribution in [0.25, 0.3) is 11.0 Å². The molecule has 1 saturated carbocycles. The first-order valence-corrected chi connectivity index (χ1v) is 15.0. The monoisotopic (exact) mass is 562 g/mol. The number of ether oxygens (including phenoxy) is 1. The Morgan fingerprint density at radius 1 is 1.15 bits per heavy atom. The lowest BCUT2D eigenvalue weighted by Gasteiger charge is -2.46. The van der Waals surface area contributed by atoms with Crippen molar-refractivity contribution in [3.05, 3.63) is 41.3 Å². The minimum absolute atomic E-state index is 0.0617. The van der Waals surface area contributed by atoms with Crippen LogP contribution in [0.1, 0.15) is 100 Å². The molecule has 10 heteroatoms. The Hall–Kier alpha value is -3.40. The fourth-order valence-corrected chi connectivity index (χ4v) is 6.60. The smallest absolute Gasteiger partial charge is 0.410 e. The number of likely N-dealkylation sites (tertiary alicyclic amines) is 2. The molecule has 1 aromatic carbocycles. The molecule has 0 bridgehead atoms. The summed E-state index contributed by atoms with van der Waals surface area (Å²) in [6.07, 6.45) is 5.04. The molecule has 1 spiro atoms. The van der Waals surface area contributed by atoms with E-state index in [1.54, 1.807) is 6.07 Å². The molecule has 0 atom stereocenters. The molecule has 3 aromatic rings. The van der Waals surface area contributed by atoms with E-state index in [1.165, 1.54) is 18.4 Å². The van der Waals surface area contributed by atoms with Crippen LogP contribution in [0.5, 0.6) is 0 Å². The van der Waals surface area contributed by atoms with Gasteiger partial charge in [0, 0.05) is 31.7 Å². The van der Waals surface area contributed by atoms with Gasteiger partial charge in [0.2, 0.25) is 11.7 Å². The fraction of sp³-hybridized carbons (Fsp3) is 0.613. The van der Waals surface area contributed by atoms with Gasteiger partial charge in [0.15, 0.2) is 0 Å². The summed E-state index contributed by atoms with van der Waals surface area (Å²) in [5.74, 6) is 0.504. The second-order valence-electron chi connectivity index (χ2n) is 13.6. The van der Waals surface area contributed by atoms with Crippen LogP contribution < -0.4 is 5.32 Å². The number of benzene rings is 1. The first kappa shape index (κ1) is 27.8. The fourth-order valence-electron chi connectivity index (χ4n) is 6.60. The predicted octanol–water partition coefficient (Wildman–Crippen LogP) is 5.96. The van der Waals surface area contributed by atoms with Crippen molar-refractivity contribution in [1.82, 2.24) is 24.5 Å². The standard InChI is InChI=1S/C31H42N6O4/c1-20(2)23-15-26(41-34-23)27(38)33-28-32-24-14-21(18-35-11-6-7-12-35)8-9-25(24)37(28)22-16-31(17-22)10-13-36(19-31)29(39)40-30(3,4)5/h8-9,14-15,20,22H,6-7,10-13,16-19H2,1-5H3,(H,32,33,38)/t22-,31-. The molecular weight excluding hydrogens is 520 g/mol. The van der Waals surface area contributed by atoms with Crippen molar-refractivity contribution in [3.63, 3.8) is 0 Å². The van der Waals surface area contributed by atoms with E-state index in [2.05, 4.69) is 38.1 Å². The summed E-state index contributed by atoms with van der Waals surface area (Å²) in [6, 6.07) is 8.34. The topological polar surface area (TPSA) is 106 Å². The van der Waals surface area contributed by atoms with Crippen LogP contribution in [0.3, 0.4) is 0 Å². The van der Waals surface area contributed by atoms with Crippen molar-refractivity contribution in [1.29, 1.82) is 0 Å². The van der Waals surface area contributed by atoms with Gasteiger partial charge in [0.05, 0.1) is 16.7 Å². The maximum atomic E-state index is 13.2. The van der Waals surface area contributed by atoms with E-state index < -0.39 is 5.60 Å². The van der Waals surface area contributed by atoms with Gasteiger partial charge in [-0.2, -0.15) is 0 Å². The second kappa shape index (κ2) is 10.5. The minimum atomic E-state index is -0.509. The number of nitrogens with one attached hydrogen (secondary N) is 1. The number of aromatic nitrogens is 3. The third kappa shape index (κ3) is 5.71. The number of rotatable bonds is 6. The molecule has 41 heavy (non-hydrogen) atoms. The van der Waals surface area contributed by atoms with Crippen LogP contribution in [-0.4, -0.2) is 68.3 Å². The van der Waals surface area contributed by atoms with E-state index in [1.807, 2.05) is 39.5 Å². The van der Waals surface area contributed by atoms with E-state index in [-0.39, 0.29) is 35.1 Å². The van der Waals surface area contributed by atoms with Crippen LogP contribution in [0, 0.1) is 5.41 Å². The molecule has 1 N–H and O–H groups in total. The zero-order chi connectivity index (χ0) is 28.9. The number of carbonyl (C=O) groups excluding carboxylic acids is 2. The Kier molecular flexibility index (Phi) is 7.08. The van der Waals surface area contributed by atoms with E-state index in [0.29, 0.717) is 19.0 Å². The van der Waals surface area contributed by atoms with E-state index in [4.69, 9.17) is 14.2 Å². The number of hydrogen-bond donors (Lipinski definition) is 1. The third-order valence-corrected chi connectivity index (χ3v) is 8.72. The van der Waals surface area contributed by atoms with Crippen molar-refractivity contribution in [2.45, 2.75) is 90.8 Å². The molecule has 10 nitrogen and oxygen atoms in total. The average molecular weight is 563 g/mol. The Morgan fingerprint density at radius 3 is 2.59 bits per heavy atom. The van der Waals surface area contributed by atoms with E-state index in [9.17, 15) is 9.59 Å². The number of anilines is 1. The molecule has 1 aliphatic carbocycles. The molecule has 2 saturated heterocycles. The van der Waals surface area contributed by atoms with Gasteiger partial charge >= 0.3 is 6.09 Å². The van der Waals surface area contributed by atoms with Gasteiger partial charge in [-0.3, -0.25) is 15.0 Å². The zero-order valence-corrected chi connectivity index (χ0v) is 24.9. The molecular formula is C31H42N6O4. The van der Waals surface area contributed by atoms with Crippen LogP contribution in [0.15, 0.2) is 28.8 Å². The molecule has 3 aliphatic rings. The largest absolute Gasteiger partial charge is 0.444 e. The number of fused-ring (bicyclic) bond motifs is 1. The molecule has 2 aromatic heterocycles. The molecule has 0 unspecified atom stereocenters. The lowest BCUT2D eigenvalue weighted by atomic mass is 9.65. The van der Waals surface area contributed by atoms with Crippen molar-refractivity contribution in [3.8, 4) is 0 Å². The normalized spacial score (nSPS) is 23.1. The summed E-state index contributed by atoms with van der Waals surface area (Å²) < 4.78 is 13.2. The third-order valence-electron chi connectivity index (χ3n) is 8.72. The number of hydrogen-bond acceptors (Lipinski definition) is 7. The first-order chi connectivity index (χ1) is 19.5. The second-order valence-corrected chi connectivity index (χ2v) is 13.6. The lowest BCUT2D eigenvalue weighted by molar-refractivity contribution is 0.0199. The first-order valence-electron chi connectivity index (χ1n) is 15.0. The van der Waals surface area contributed by atoms with Gasteiger partial charge in [-0.25, -0.2) is 9.78 Å². The summed E-state index contributed by atoms with van der Waals surface area (Å²) in [4.78, 5) is 35.2. The van der Waals surface area contributed by atoms with Crippen molar-refractivity contribution in [2.75, 3.05) is 31.5 Å². The summed E-state index contributed by atoms with van der Waals surface area (Å²) >= 11 is 0. The summed E-state index contributed by atoms with van der Waals surface area (Å²) in [7, 11) is 0. The van der Waals surface area contributed by atoms with Crippen LogP contribution >= 0.6 is 0 Å². The highest BCUT2D eigenvalue weighted by Gasteiger charge is 2.51. The molecule has 4 heterocycles. The summed E-state index contributed by atoms with van der Waals surface area (Å²) in [5.41, 5.74) is 3.41. The highest BCUT2D eigenvalue weighted by molar-refractivity contribution is 6.02. The number of nitrogens with zero attached hydrogens (tertiary/aromatic N) is 5. The van der Waals surface area contributed by atoms with Gasteiger partial charge in [0.25, 0.3) is 5.91 Å². The molecule has 0 radical (unpaired) electrons. The lowest BCUT2D eigenvalue weighted by Crippen LogP contribution is -2.43. The van der Waals surface area contributed by atoms with Crippen LogP contribution in [0.2, 0.25) is 0 Å². The maximum absolute atomic E-state index is 13.2. The van der Waals surface area contributed by atoms with Gasteiger partial charge in [-0.1, -0.05) is 25.1 Å². The Labute approximate surface area is 241 Å². The van der Waals surface area contributed by atoms with Gasteiger partial charge in [-0.15, -0.1) is 0 Å². The van der Waals surface area contributed by atoms with Crippen LogP contribution in [-0.2, 0) is 11.3 Å². The Bertz CT molecular complexity index is 1440. The van der Waals surface area contributed by atoms with Gasteiger partial charge in [0.1, 0.15) is 5.60 Å². The molecule has 2 aliphatic heterocycles. The molecule has 6 rings (SSSR count). The molecule has 220 valence electrons. The minimum Gasteiger partial charge on any atom is -0.444 e. The SMILES string of the molecule is CC(C)c1cc(C(=O)Nc2nc3cc(CN4CCCC4)ccc3n2[C@H]2C[C@@]3(CCN(C(=O)OC(C)(C)C)C3)C2)on1. The summed E-state index contributed by atoms with van der Waals surface area (Å²) in [6.45, 7) is 14.3. The quantitative estimate of drug-likeness (QED) is 0.395. The van der Waals surface area contributed by atoms with Crippen molar-refractivity contribution < 1.29 is 18.8 Å². The van der Waals surface area contributed by atoms with Crippen molar-refractivity contribution in [2.24, 2.45) is 5.41 Å². The highest BCUT2D eigenvalue weighted by Crippen LogP contribution is 2.55. The zero-order valence-electron chi connectivity index (χ0n) is 24.9. The number of imidazole rings is 1. The van der Waals surface area contributed by atoms with Crippen LogP contribution in [0.4, 0.5) is 10.7 Å². The van der Waals surface area contributed by atoms with E-state index >= 15 is 0 Å². The number of amides is 2. The maximum Gasteiger partial charge on any atom is 0.410 e. The molecule has 2 amide bonds. The average Bonchev–Trinajstić information content (AvgIpc) is 3.67. The number of carbonyl (C=O) groups is 2. The van der Waals surface area contributed by atoms with E-state index in [0.717, 1.165) is 55.6 Å². The Morgan fingerprint density at radius 2 is 1.90 bits per heavy atom. The predicted molar refractivity (Wildman–Crippen MR) is 156 cm³/mol. The summed E-state index contributed by atoms with van der Waals surface area (Å²) in [5, 5.41) is 7.07.